The number of Topliss-reactive ketones (excluding diaryl/α,β-unsaturated/α-hetero) is 1. The smallest absolute Gasteiger partial charge is 0.295 e. The summed E-state index contributed by atoms with van der Waals surface area (Å²) in [4.78, 5) is 53.7. The summed E-state index contributed by atoms with van der Waals surface area (Å²) >= 11 is 7.77. The number of methoxy groups -OCH3 is 1. The molecule has 2 aliphatic rings. The molecule has 4 aromatic rings. The number of amides is 2. The van der Waals surface area contributed by atoms with Gasteiger partial charge in [0.1, 0.15) is 17.9 Å². The highest BCUT2D eigenvalue weighted by Crippen LogP contribution is 2.37. The molecule has 0 bridgehead atoms. The van der Waals surface area contributed by atoms with E-state index in [2.05, 4.69) is 15.1 Å². The van der Waals surface area contributed by atoms with Crippen molar-refractivity contribution >= 4 is 51.9 Å². The second kappa shape index (κ2) is 12.7. The Balaban J connectivity index is 1.31. The van der Waals surface area contributed by atoms with Gasteiger partial charge in [0.15, 0.2) is 5.82 Å². The van der Waals surface area contributed by atoms with Crippen LogP contribution in [-0.2, 0) is 10.7 Å². The number of ketones is 1. The van der Waals surface area contributed by atoms with Gasteiger partial charge in [-0.1, -0.05) is 35.9 Å². The lowest BCUT2D eigenvalue weighted by Gasteiger charge is -2.34. The molecule has 226 valence electrons. The number of ether oxygens (including phenoxy) is 1. The van der Waals surface area contributed by atoms with Gasteiger partial charge in [0.25, 0.3) is 17.6 Å². The number of carbonyl (C=O) groups excluding carboxylic acids is 3. The van der Waals surface area contributed by atoms with Gasteiger partial charge in [-0.05, 0) is 42.9 Å². The van der Waals surface area contributed by atoms with E-state index < -0.39 is 11.7 Å². The molecule has 44 heavy (non-hydrogen) atoms. The van der Waals surface area contributed by atoms with Crippen molar-refractivity contribution in [3.63, 3.8) is 0 Å². The fourth-order valence-corrected chi connectivity index (χ4v) is 6.41. The Hall–Kier alpha value is -4.42. The van der Waals surface area contributed by atoms with E-state index in [1.54, 1.807) is 52.9 Å². The van der Waals surface area contributed by atoms with E-state index in [0.29, 0.717) is 52.8 Å². The number of rotatable bonds is 8. The summed E-state index contributed by atoms with van der Waals surface area (Å²) in [5, 5.41) is 5.74. The number of halogens is 1. The fraction of sp³-hybridized carbons (Fsp3) is 0.290. The summed E-state index contributed by atoms with van der Waals surface area (Å²) in [6, 6.07) is 9.03. The topological polar surface area (TPSA) is 115 Å². The van der Waals surface area contributed by atoms with Gasteiger partial charge in [-0.3, -0.25) is 14.4 Å². The molecule has 4 heterocycles. The molecule has 11 nitrogen and oxygen atoms in total. The van der Waals surface area contributed by atoms with Crippen LogP contribution >= 0.6 is 23.4 Å². The van der Waals surface area contributed by atoms with Gasteiger partial charge in [-0.15, -0.1) is 11.8 Å². The number of pyridine rings is 1. The quantitative estimate of drug-likeness (QED) is 0.205. The zero-order valence-corrected chi connectivity index (χ0v) is 25.8. The molecular formula is C31H30ClN7O4S. The molecule has 0 atom stereocenters. The van der Waals surface area contributed by atoms with Gasteiger partial charge < -0.3 is 19.1 Å². The van der Waals surface area contributed by atoms with Crippen LogP contribution in [0.4, 0.5) is 0 Å². The molecule has 2 amide bonds. The second-order valence-electron chi connectivity index (χ2n) is 10.4. The van der Waals surface area contributed by atoms with Crippen molar-refractivity contribution in [3.8, 4) is 11.6 Å². The monoisotopic (exact) mass is 631 g/mol. The van der Waals surface area contributed by atoms with Crippen LogP contribution in [0, 0.1) is 6.92 Å². The van der Waals surface area contributed by atoms with Crippen LogP contribution in [0.25, 0.3) is 16.7 Å². The number of hydrogen-bond donors (Lipinski definition) is 0. The molecule has 1 saturated heterocycles. The zero-order valence-electron chi connectivity index (χ0n) is 24.3. The number of aryl methyl sites for hydroxylation is 1. The fourth-order valence-electron chi connectivity index (χ4n) is 5.34. The summed E-state index contributed by atoms with van der Waals surface area (Å²) in [7, 11) is 1.50. The maximum atomic E-state index is 13.9. The summed E-state index contributed by atoms with van der Waals surface area (Å²) in [5.74, 6) is 0.464. The van der Waals surface area contributed by atoms with Crippen LogP contribution in [0.15, 0.2) is 71.1 Å². The Bertz CT molecular complexity index is 1810. The van der Waals surface area contributed by atoms with Crippen molar-refractivity contribution in [2.75, 3.05) is 33.3 Å². The van der Waals surface area contributed by atoms with Crippen LogP contribution in [0.3, 0.4) is 0 Å². The third-order valence-electron chi connectivity index (χ3n) is 7.65. The van der Waals surface area contributed by atoms with Gasteiger partial charge in [0, 0.05) is 43.0 Å². The minimum atomic E-state index is -0.654. The average molecular weight is 632 g/mol. The number of hydrogen-bond acceptors (Lipinski definition) is 8. The SMILES string of the molecule is COc1cnc(-n2cnc(C)n2)c2c1c(C(=O)C(=O)N1CCN(C(=O)c3ccccc3)CC1)cn2CSC1=CC=C(Cl)CC1. The lowest BCUT2D eigenvalue weighted by Crippen LogP contribution is -2.52. The second-order valence-corrected chi connectivity index (χ2v) is 12.0. The third kappa shape index (κ3) is 5.87. The van der Waals surface area contributed by atoms with Crippen molar-refractivity contribution in [1.29, 1.82) is 0 Å². The summed E-state index contributed by atoms with van der Waals surface area (Å²) < 4.78 is 9.12. The first-order valence-electron chi connectivity index (χ1n) is 14.1. The first-order valence-corrected chi connectivity index (χ1v) is 15.5. The molecule has 1 aliphatic carbocycles. The standard InChI is InChI=1S/C31H30ClN7O4S/c1-20-34-18-39(35-20)29-27-26(25(43-2)16-33-29)24(17-38(27)19-44-23-10-8-22(32)9-11-23)28(40)31(42)37-14-12-36(13-15-37)30(41)21-6-4-3-5-7-21/h3-8,10,16-18H,9,11-15,19H2,1-2H3. The molecule has 0 saturated carbocycles. The third-order valence-corrected chi connectivity index (χ3v) is 9.08. The molecular weight excluding hydrogens is 602 g/mol. The van der Waals surface area contributed by atoms with E-state index in [9.17, 15) is 14.4 Å². The maximum Gasteiger partial charge on any atom is 0.295 e. The Labute approximate surface area is 263 Å². The van der Waals surface area contributed by atoms with E-state index in [1.807, 2.05) is 34.9 Å². The predicted octanol–water partition coefficient (Wildman–Crippen LogP) is 4.59. The Morgan fingerprint density at radius 2 is 1.75 bits per heavy atom. The molecule has 0 spiro atoms. The van der Waals surface area contributed by atoms with Crippen molar-refractivity contribution in [2.45, 2.75) is 25.6 Å². The first kappa shape index (κ1) is 29.6. The van der Waals surface area contributed by atoms with Crippen molar-refractivity contribution < 1.29 is 19.1 Å². The highest BCUT2D eigenvalue weighted by atomic mass is 35.5. The first-order chi connectivity index (χ1) is 21.3. The largest absolute Gasteiger partial charge is 0.494 e. The summed E-state index contributed by atoms with van der Waals surface area (Å²) in [6.45, 7) is 2.96. The molecule has 0 N–H and O–H groups in total. The van der Waals surface area contributed by atoms with Gasteiger partial charge in [0.05, 0.1) is 35.6 Å². The number of benzene rings is 1. The number of aromatic nitrogens is 5. The van der Waals surface area contributed by atoms with Crippen LogP contribution < -0.4 is 4.74 Å². The van der Waals surface area contributed by atoms with E-state index in [-0.39, 0.29) is 24.6 Å². The lowest BCUT2D eigenvalue weighted by molar-refractivity contribution is -0.127. The van der Waals surface area contributed by atoms with E-state index in [1.165, 1.54) is 18.2 Å². The van der Waals surface area contributed by atoms with Crippen molar-refractivity contribution in [2.24, 2.45) is 0 Å². The normalized spacial score (nSPS) is 15.2. The number of piperazine rings is 1. The Morgan fingerprint density at radius 3 is 2.41 bits per heavy atom. The predicted molar refractivity (Wildman–Crippen MR) is 168 cm³/mol. The van der Waals surface area contributed by atoms with E-state index >= 15 is 0 Å². The minimum absolute atomic E-state index is 0.0939. The highest BCUT2D eigenvalue weighted by molar-refractivity contribution is 8.02. The van der Waals surface area contributed by atoms with Crippen LogP contribution in [0.5, 0.6) is 5.75 Å². The van der Waals surface area contributed by atoms with Crippen molar-refractivity contribution in [1.82, 2.24) is 34.1 Å². The van der Waals surface area contributed by atoms with E-state index in [4.69, 9.17) is 16.3 Å². The Kier molecular flexibility index (Phi) is 8.53. The van der Waals surface area contributed by atoms with Gasteiger partial charge >= 0.3 is 0 Å². The molecule has 6 rings (SSSR count). The Morgan fingerprint density at radius 1 is 1.00 bits per heavy atom. The summed E-state index contributed by atoms with van der Waals surface area (Å²) in [6.07, 6.45) is 10.3. The molecule has 1 aromatic carbocycles. The van der Waals surface area contributed by atoms with Crippen molar-refractivity contribution in [3.05, 3.63) is 88.1 Å². The number of thioether (sulfide) groups is 1. The van der Waals surface area contributed by atoms with Gasteiger partial charge in [0.2, 0.25) is 0 Å². The van der Waals surface area contributed by atoms with Gasteiger partial charge in [-0.25, -0.2) is 14.6 Å². The van der Waals surface area contributed by atoms with Crippen LogP contribution in [-0.4, -0.2) is 85.0 Å². The number of fused-ring (bicyclic) bond motifs is 1. The number of nitrogens with zero attached hydrogens (tertiary/aromatic N) is 7. The molecule has 0 unspecified atom stereocenters. The molecule has 13 heteroatoms. The number of allylic oxidation sites excluding steroid dienone is 4. The lowest BCUT2D eigenvalue weighted by atomic mass is 10.1. The van der Waals surface area contributed by atoms with Gasteiger partial charge in [-0.2, -0.15) is 5.10 Å². The van der Waals surface area contributed by atoms with Crippen LogP contribution in [0.2, 0.25) is 0 Å². The average Bonchev–Trinajstić information content (AvgIpc) is 3.67. The molecule has 0 radical (unpaired) electrons. The summed E-state index contributed by atoms with van der Waals surface area (Å²) in [5.41, 5.74) is 1.41. The molecule has 1 fully saturated rings. The zero-order chi connectivity index (χ0) is 30.8. The van der Waals surface area contributed by atoms with E-state index in [0.717, 1.165) is 22.8 Å². The minimum Gasteiger partial charge on any atom is -0.494 e. The molecule has 3 aromatic heterocycles. The highest BCUT2D eigenvalue weighted by Gasteiger charge is 2.32. The number of carbonyl (C=O) groups is 3. The van der Waals surface area contributed by atoms with Crippen LogP contribution in [0.1, 0.15) is 39.4 Å². The maximum absolute atomic E-state index is 13.9. The molecule has 1 aliphatic heterocycles.